The first-order valence-electron chi connectivity index (χ1n) is 10.9. The van der Waals surface area contributed by atoms with Crippen LogP contribution in [0.15, 0.2) is 12.1 Å². The van der Waals surface area contributed by atoms with E-state index in [1.165, 1.54) is 14.2 Å². The highest BCUT2D eigenvalue weighted by molar-refractivity contribution is 7.85. The molecule has 12 nitrogen and oxygen atoms in total. The number of amides is 2. The molecule has 2 aliphatic heterocycles. The lowest BCUT2D eigenvalue weighted by atomic mass is 9.96. The van der Waals surface area contributed by atoms with Crippen LogP contribution in [-0.4, -0.2) is 78.5 Å². The molecule has 4 rings (SSSR count). The maximum absolute atomic E-state index is 12.9. The van der Waals surface area contributed by atoms with Crippen LogP contribution < -0.4 is 20.1 Å². The van der Waals surface area contributed by atoms with E-state index in [0.717, 1.165) is 0 Å². The molecule has 0 radical (unpaired) electrons. The Kier molecular flexibility index (Phi) is 6.36. The van der Waals surface area contributed by atoms with Crippen molar-refractivity contribution in [3.8, 4) is 11.5 Å². The first-order valence-corrected chi connectivity index (χ1v) is 12.5. The van der Waals surface area contributed by atoms with E-state index in [9.17, 15) is 22.6 Å². The molecule has 2 saturated heterocycles. The van der Waals surface area contributed by atoms with Gasteiger partial charge in [0.15, 0.2) is 11.5 Å². The monoisotopic (exact) mass is 494 g/mol. The summed E-state index contributed by atoms with van der Waals surface area (Å²) in [6.07, 6.45) is 1.30. The zero-order valence-electron chi connectivity index (χ0n) is 19.1. The Morgan fingerprint density at radius 2 is 1.68 bits per heavy atom. The molecule has 34 heavy (non-hydrogen) atoms. The minimum absolute atomic E-state index is 0.108. The highest BCUT2D eigenvalue weighted by Gasteiger charge is 2.55. The number of piperidine rings is 2. The second kappa shape index (κ2) is 8.96. The Morgan fingerprint density at radius 3 is 2.24 bits per heavy atom. The minimum Gasteiger partial charge on any atom is -0.493 e. The van der Waals surface area contributed by atoms with Crippen LogP contribution in [0.25, 0.3) is 10.9 Å². The molecule has 2 aliphatic rings. The fourth-order valence-corrected chi connectivity index (χ4v) is 5.97. The molecule has 0 bridgehead atoms. The topological polar surface area (TPSA) is 162 Å². The Morgan fingerprint density at radius 1 is 1.09 bits per heavy atom. The van der Waals surface area contributed by atoms with Crippen LogP contribution in [0.4, 0.5) is 11.8 Å². The van der Waals surface area contributed by atoms with Crippen molar-refractivity contribution in [3.63, 3.8) is 0 Å². The molecule has 184 valence electrons. The molecule has 0 spiro atoms. The molecule has 3 N–H and O–H groups in total. The molecule has 2 fully saturated rings. The van der Waals surface area contributed by atoms with Crippen LogP contribution in [0.2, 0.25) is 0 Å². The van der Waals surface area contributed by atoms with Crippen LogP contribution in [0, 0.1) is 0 Å². The summed E-state index contributed by atoms with van der Waals surface area (Å²) in [7, 11) is -1.51. The summed E-state index contributed by atoms with van der Waals surface area (Å²) in [6.45, 7) is 0.768. The van der Waals surface area contributed by atoms with Gasteiger partial charge in [-0.1, -0.05) is 0 Å². The average Bonchev–Trinajstić information content (AvgIpc) is 2.80. The summed E-state index contributed by atoms with van der Waals surface area (Å²) in [6, 6.07) is 2.86. The number of nitrogens with two attached hydrogens (primary N) is 1. The van der Waals surface area contributed by atoms with Gasteiger partial charge in [-0.2, -0.15) is 17.9 Å². The van der Waals surface area contributed by atoms with E-state index in [-0.39, 0.29) is 18.7 Å². The number of methoxy groups -OCH3 is 2. The molecule has 1 aromatic carbocycles. The zero-order valence-corrected chi connectivity index (χ0v) is 19.9. The molecular weight excluding hydrogens is 466 g/mol. The van der Waals surface area contributed by atoms with Crippen molar-refractivity contribution in [3.05, 3.63) is 12.1 Å². The van der Waals surface area contributed by atoms with E-state index in [2.05, 4.69) is 9.97 Å². The van der Waals surface area contributed by atoms with E-state index in [1.54, 1.807) is 12.1 Å². The normalized spacial score (nSPS) is 19.4. The van der Waals surface area contributed by atoms with Crippen molar-refractivity contribution in [2.45, 2.75) is 38.1 Å². The lowest BCUT2D eigenvalue weighted by Gasteiger charge is -2.44. The third-order valence-corrected chi connectivity index (χ3v) is 7.36. The van der Waals surface area contributed by atoms with Gasteiger partial charge in [-0.15, -0.1) is 0 Å². The highest BCUT2D eigenvalue weighted by Crippen LogP contribution is 2.36. The Hall–Kier alpha value is -3.03. The highest BCUT2D eigenvalue weighted by atomic mass is 32.2. The predicted octanol–water partition coefficient (Wildman–Crippen LogP) is 1.10. The number of hydrogen-bond acceptors (Lipinski definition) is 10. The van der Waals surface area contributed by atoms with Crippen LogP contribution >= 0.6 is 0 Å². The van der Waals surface area contributed by atoms with E-state index in [4.69, 9.17) is 15.2 Å². The van der Waals surface area contributed by atoms with Crippen molar-refractivity contribution in [2.24, 2.45) is 0 Å². The largest absolute Gasteiger partial charge is 0.493 e. The lowest BCUT2D eigenvalue weighted by molar-refractivity contribution is -0.798. The summed E-state index contributed by atoms with van der Waals surface area (Å²) in [5, 5.41) is 0.610. The minimum atomic E-state index is -4.55. The van der Waals surface area contributed by atoms with Crippen LogP contribution in [0.3, 0.4) is 0 Å². The molecule has 1 aromatic heterocycles. The molecule has 0 aliphatic carbocycles. The molecular formula is C21H28N5O7S+. The number of nitrogen functional groups attached to an aromatic ring is 1. The van der Waals surface area contributed by atoms with E-state index in [1.807, 2.05) is 4.90 Å². The van der Waals surface area contributed by atoms with E-state index < -0.39 is 38.3 Å². The van der Waals surface area contributed by atoms with Crippen LogP contribution in [0.5, 0.6) is 11.5 Å². The van der Waals surface area contributed by atoms with Gasteiger partial charge in [-0.3, -0.25) is 4.55 Å². The maximum Gasteiger partial charge on any atom is 0.322 e. The summed E-state index contributed by atoms with van der Waals surface area (Å²) in [5.41, 5.74) is 6.76. The van der Waals surface area contributed by atoms with Gasteiger partial charge >= 0.3 is 21.9 Å². The zero-order chi connectivity index (χ0) is 24.7. The van der Waals surface area contributed by atoms with Gasteiger partial charge in [0.25, 0.3) is 0 Å². The van der Waals surface area contributed by atoms with Crippen molar-refractivity contribution < 1.29 is 36.5 Å². The predicted molar refractivity (Wildman–Crippen MR) is 123 cm³/mol. The van der Waals surface area contributed by atoms with Crippen molar-refractivity contribution >= 4 is 44.6 Å². The fourth-order valence-electron chi connectivity index (χ4n) is 4.96. The van der Waals surface area contributed by atoms with Gasteiger partial charge in [-0.05, 0) is 12.5 Å². The number of carbonyl (C=O) groups excluding carboxylic acids is 2. The number of rotatable bonds is 6. The third-order valence-electron chi connectivity index (χ3n) is 6.63. The summed E-state index contributed by atoms with van der Waals surface area (Å²) in [5.74, 6) is -0.193. The fraction of sp³-hybridized carbons (Fsp3) is 0.524. The Bertz CT molecular complexity index is 1230. The lowest BCUT2D eigenvalue weighted by Crippen LogP contribution is -2.67. The van der Waals surface area contributed by atoms with Gasteiger partial charge < -0.3 is 20.1 Å². The van der Waals surface area contributed by atoms with E-state index in [0.29, 0.717) is 60.7 Å². The standard InChI is InChI=1S/C21H27N5O7S/c1-32-16-10-14-15(11-17(16)33-2)23-21(24-20(14)22)25-8-6-13(7-9-25)26(12-34(29,30)31)18(27)4-3-5-19(26)28/h10-11,13H,3-9,12H2,1-2H3,(H2-,22,23,24,29,30,31)/p+1. The molecule has 13 heteroatoms. The Balaban J connectivity index is 1.61. The first kappa shape index (κ1) is 24.1. The number of anilines is 2. The number of nitrogens with zero attached hydrogens (tertiary/aromatic N) is 4. The molecule has 2 amide bonds. The number of ether oxygens (including phenoxy) is 2. The molecule has 0 unspecified atom stereocenters. The first-order chi connectivity index (χ1) is 16.1. The maximum atomic E-state index is 12.9. The van der Waals surface area contributed by atoms with Crippen LogP contribution in [0.1, 0.15) is 32.1 Å². The Labute approximate surface area is 197 Å². The van der Waals surface area contributed by atoms with E-state index >= 15 is 0 Å². The van der Waals surface area contributed by atoms with Gasteiger partial charge in [0.1, 0.15) is 11.9 Å². The van der Waals surface area contributed by atoms with Gasteiger partial charge in [0.05, 0.1) is 32.6 Å². The van der Waals surface area contributed by atoms with Crippen molar-refractivity contribution in [1.29, 1.82) is 0 Å². The summed E-state index contributed by atoms with van der Waals surface area (Å²) >= 11 is 0. The van der Waals surface area contributed by atoms with Crippen molar-refractivity contribution in [2.75, 3.05) is 43.8 Å². The third kappa shape index (κ3) is 4.26. The molecule has 3 heterocycles. The van der Waals surface area contributed by atoms with Crippen LogP contribution in [-0.2, 0) is 19.7 Å². The number of carbonyl (C=O) groups is 2. The number of quaternary nitrogens is 1. The molecule has 0 atom stereocenters. The quantitative estimate of drug-likeness (QED) is 0.336. The number of hydrogen-bond donors (Lipinski definition) is 2. The van der Waals surface area contributed by atoms with Gasteiger partial charge in [-0.25, -0.2) is 14.6 Å². The molecule has 2 aromatic rings. The number of imide groups is 1. The number of benzene rings is 1. The van der Waals surface area contributed by atoms with Crippen molar-refractivity contribution in [1.82, 2.24) is 9.97 Å². The van der Waals surface area contributed by atoms with Gasteiger partial charge in [0, 0.05) is 37.4 Å². The number of fused-ring (bicyclic) bond motifs is 1. The smallest absolute Gasteiger partial charge is 0.322 e. The average molecular weight is 495 g/mol. The number of likely N-dealkylation sites (tertiary alicyclic amines) is 1. The van der Waals surface area contributed by atoms with Gasteiger partial charge in [0.2, 0.25) is 11.8 Å². The second-order valence-electron chi connectivity index (χ2n) is 8.57. The second-order valence-corrected chi connectivity index (χ2v) is 9.99. The SMILES string of the molecule is COc1cc2nc(N3CCC([N+]4(CS(=O)(=O)O)C(=O)CCCC4=O)CC3)nc(N)c2cc1OC. The molecule has 0 saturated carbocycles. The summed E-state index contributed by atoms with van der Waals surface area (Å²) in [4.78, 5) is 36.6. The summed E-state index contributed by atoms with van der Waals surface area (Å²) < 4.78 is 42.9. The number of aromatic nitrogens is 2.